The summed E-state index contributed by atoms with van der Waals surface area (Å²) in [5.41, 5.74) is 5.55. The fourth-order valence-electron chi connectivity index (χ4n) is 1.74. The maximum Gasteiger partial charge on any atom is 0.0972 e. The number of aromatic nitrogens is 1. The van der Waals surface area contributed by atoms with Gasteiger partial charge in [-0.1, -0.05) is 0 Å². The van der Waals surface area contributed by atoms with Crippen molar-refractivity contribution in [3.8, 4) is 0 Å². The third-order valence-corrected chi connectivity index (χ3v) is 3.70. The van der Waals surface area contributed by atoms with E-state index >= 15 is 0 Å². The Hall–Kier alpha value is -0.450. The highest BCUT2D eigenvalue weighted by Crippen LogP contribution is 2.29. The van der Waals surface area contributed by atoms with Crippen LogP contribution in [0, 0.1) is 0 Å². The van der Waals surface area contributed by atoms with Crippen LogP contribution in [0.5, 0.6) is 0 Å². The zero-order valence-electron chi connectivity index (χ0n) is 7.86. The first-order valence-corrected chi connectivity index (χ1v) is 5.44. The highest BCUT2D eigenvalue weighted by Gasteiger charge is 2.23. The standard InChI is InChI=1S/C9H15N3S/c1-12-3-2-7(6-12)9-11-5-8(4-10)13-9/h5,7H,2-4,6,10H2,1H3. The third-order valence-electron chi connectivity index (χ3n) is 2.51. The molecule has 3 nitrogen and oxygen atoms in total. The maximum atomic E-state index is 5.55. The van der Waals surface area contributed by atoms with E-state index in [1.807, 2.05) is 6.20 Å². The number of thiazole rings is 1. The molecule has 2 N–H and O–H groups in total. The van der Waals surface area contributed by atoms with Gasteiger partial charge in [0.05, 0.1) is 5.01 Å². The number of hydrogen-bond donors (Lipinski definition) is 1. The van der Waals surface area contributed by atoms with Crippen LogP contribution in [-0.4, -0.2) is 30.0 Å². The molecule has 1 unspecified atom stereocenters. The van der Waals surface area contributed by atoms with Gasteiger partial charge < -0.3 is 10.6 Å². The van der Waals surface area contributed by atoms with Crippen LogP contribution in [0.2, 0.25) is 0 Å². The number of likely N-dealkylation sites (tertiary alicyclic amines) is 1. The van der Waals surface area contributed by atoms with Crippen molar-refractivity contribution in [3.63, 3.8) is 0 Å². The lowest BCUT2D eigenvalue weighted by Gasteiger charge is -2.06. The van der Waals surface area contributed by atoms with Crippen LogP contribution in [0.4, 0.5) is 0 Å². The molecule has 0 bridgehead atoms. The van der Waals surface area contributed by atoms with Crippen molar-refractivity contribution in [1.29, 1.82) is 0 Å². The normalized spacial score (nSPS) is 24.0. The predicted octanol–water partition coefficient (Wildman–Crippen LogP) is 1.02. The van der Waals surface area contributed by atoms with Crippen LogP contribution in [0.3, 0.4) is 0 Å². The maximum absolute atomic E-state index is 5.55. The van der Waals surface area contributed by atoms with Gasteiger partial charge in [0.15, 0.2) is 0 Å². The SMILES string of the molecule is CN1CCC(c2ncc(CN)s2)C1. The molecule has 1 aliphatic rings. The smallest absolute Gasteiger partial charge is 0.0972 e. The lowest BCUT2D eigenvalue weighted by Crippen LogP contribution is -2.13. The van der Waals surface area contributed by atoms with E-state index in [1.165, 1.54) is 22.9 Å². The van der Waals surface area contributed by atoms with Crippen molar-refractivity contribution >= 4 is 11.3 Å². The van der Waals surface area contributed by atoms with Crippen molar-refractivity contribution in [2.75, 3.05) is 20.1 Å². The van der Waals surface area contributed by atoms with Crippen LogP contribution < -0.4 is 5.73 Å². The van der Waals surface area contributed by atoms with Gasteiger partial charge in [-0.05, 0) is 20.0 Å². The summed E-state index contributed by atoms with van der Waals surface area (Å²) < 4.78 is 0. The Kier molecular flexibility index (Phi) is 2.62. The summed E-state index contributed by atoms with van der Waals surface area (Å²) in [4.78, 5) is 7.97. The summed E-state index contributed by atoms with van der Waals surface area (Å²) in [6.07, 6.45) is 3.16. The summed E-state index contributed by atoms with van der Waals surface area (Å²) in [6, 6.07) is 0. The topological polar surface area (TPSA) is 42.2 Å². The van der Waals surface area contributed by atoms with Crippen molar-refractivity contribution < 1.29 is 0 Å². The molecule has 4 heteroatoms. The van der Waals surface area contributed by atoms with Crippen molar-refractivity contribution in [3.05, 3.63) is 16.1 Å². The van der Waals surface area contributed by atoms with E-state index in [0.717, 1.165) is 6.54 Å². The second kappa shape index (κ2) is 3.74. The molecule has 0 aliphatic carbocycles. The number of likely N-dealkylation sites (N-methyl/N-ethyl adjacent to an activating group) is 1. The zero-order chi connectivity index (χ0) is 9.26. The first-order valence-electron chi connectivity index (χ1n) is 4.63. The second-order valence-electron chi connectivity index (χ2n) is 3.62. The molecule has 0 spiro atoms. The average molecular weight is 197 g/mol. The minimum Gasteiger partial charge on any atom is -0.326 e. The van der Waals surface area contributed by atoms with Gasteiger partial charge in [-0.2, -0.15) is 0 Å². The van der Waals surface area contributed by atoms with E-state index in [-0.39, 0.29) is 0 Å². The summed E-state index contributed by atoms with van der Waals surface area (Å²) in [7, 11) is 2.16. The quantitative estimate of drug-likeness (QED) is 0.769. The van der Waals surface area contributed by atoms with Crippen LogP contribution in [-0.2, 0) is 6.54 Å². The average Bonchev–Trinajstić information content (AvgIpc) is 2.71. The summed E-state index contributed by atoms with van der Waals surface area (Å²) in [5.74, 6) is 0.648. The molecule has 2 heterocycles. The van der Waals surface area contributed by atoms with Gasteiger partial charge >= 0.3 is 0 Å². The van der Waals surface area contributed by atoms with Crippen LogP contribution in [0.15, 0.2) is 6.20 Å². The van der Waals surface area contributed by atoms with E-state index in [1.54, 1.807) is 11.3 Å². The molecular weight excluding hydrogens is 182 g/mol. The lowest BCUT2D eigenvalue weighted by molar-refractivity contribution is 0.411. The molecule has 1 aromatic heterocycles. The van der Waals surface area contributed by atoms with E-state index in [9.17, 15) is 0 Å². The molecular formula is C9H15N3S. The van der Waals surface area contributed by atoms with Gasteiger partial charge in [0, 0.05) is 30.1 Å². The Morgan fingerprint density at radius 3 is 3.15 bits per heavy atom. The molecule has 72 valence electrons. The van der Waals surface area contributed by atoms with E-state index in [2.05, 4.69) is 16.9 Å². The lowest BCUT2D eigenvalue weighted by atomic mass is 10.1. The Morgan fingerprint density at radius 1 is 1.77 bits per heavy atom. The Labute approximate surface area is 82.6 Å². The minimum absolute atomic E-state index is 0.625. The molecule has 1 aromatic rings. The van der Waals surface area contributed by atoms with Crippen molar-refractivity contribution in [1.82, 2.24) is 9.88 Å². The van der Waals surface area contributed by atoms with E-state index < -0.39 is 0 Å². The fourth-order valence-corrected chi connectivity index (χ4v) is 2.66. The van der Waals surface area contributed by atoms with Crippen LogP contribution >= 0.6 is 11.3 Å². The predicted molar refractivity (Wildman–Crippen MR) is 54.9 cm³/mol. The number of rotatable bonds is 2. The molecule has 1 atom stereocenters. The highest BCUT2D eigenvalue weighted by atomic mass is 32.1. The Morgan fingerprint density at radius 2 is 2.62 bits per heavy atom. The Balaban J connectivity index is 2.08. The van der Waals surface area contributed by atoms with Crippen molar-refractivity contribution in [2.45, 2.75) is 18.9 Å². The molecule has 0 saturated carbocycles. The highest BCUT2D eigenvalue weighted by molar-refractivity contribution is 7.11. The van der Waals surface area contributed by atoms with E-state index in [0.29, 0.717) is 12.5 Å². The molecule has 1 saturated heterocycles. The van der Waals surface area contributed by atoms with Crippen LogP contribution in [0.1, 0.15) is 22.2 Å². The van der Waals surface area contributed by atoms with Gasteiger partial charge in [-0.15, -0.1) is 11.3 Å². The number of nitrogens with zero attached hydrogens (tertiary/aromatic N) is 2. The largest absolute Gasteiger partial charge is 0.326 e. The second-order valence-corrected chi connectivity index (χ2v) is 4.76. The van der Waals surface area contributed by atoms with Gasteiger partial charge in [0.1, 0.15) is 0 Å². The fraction of sp³-hybridized carbons (Fsp3) is 0.667. The molecule has 1 fully saturated rings. The van der Waals surface area contributed by atoms with Gasteiger partial charge in [0.25, 0.3) is 0 Å². The zero-order valence-corrected chi connectivity index (χ0v) is 8.68. The summed E-state index contributed by atoms with van der Waals surface area (Å²) >= 11 is 1.77. The van der Waals surface area contributed by atoms with Gasteiger partial charge in [-0.3, -0.25) is 0 Å². The monoisotopic (exact) mass is 197 g/mol. The summed E-state index contributed by atoms with van der Waals surface area (Å²) in [5, 5.41) is 1.27. The molecule has 0 aromatic carbocycles. The van der Waals surface area contributed by atoms with Crippen molar-refractivity contribution in [2.24, 2.45) is 5.73 Å². The van der Waals surface area contributed by atoms with E-state index in [4.69, 9.17) is 5.73 Å². The number of hydrogen-bond acceptors (Lipinski definition) is 4. The molecule has 0 amide bonds. The first kappa shape index (κ1) is 9.12. The molecule has 0 radical (unpaired) electrons. The number of nitrogens with two attached hydrogens (primary N) is 1. The van der Waals surface area contributed by atoms with Gasteiger partial charge in [-0.25, -0.2) is 4.98 Å². The van der Waals surface area contributed by atoms with Gasteiger partial charge in [0.2, 0.25) is 0 Å². The Bertz CT molecular complexity index is 284. The van der Waals surface area contributed by atoms with Crippen LogP contribution in [0.25, 0.3) is 0 Å². The summed E-state index contributed by atoms with van der Waals surface area (Å²) in [6.45, 7) is 2.97. The third kappa shape index (κ3) is 1.90. The molecule has 2 rings (SSSR count). The minimum atomic E-state index is 0.625. The molecule has 13 heavy (non-hydrogen) atoms. The molecule has 1 aliphatic heterocycles. The first-order chi connectivity index (χ1) is 6.29.